The van der Waals surface area contributed by atoms with Crippen molar-refractivity contribution in [1.82, 2.24) is 0 Å². The molecular weight excluding hydrogens is 228 g/mol. The number of ether oxygens (including phenoxy) is 1. The molecule has 0 amide bonds. The Balaban J connectivity index is 4.26. The van der Waals surface area contributed by atoms with Gasteiger partial charge in [0.25, 0.3) is 0 Å². The highest BCUT2D eigenvalue weighted by Crippen LogP contribution is 2.29. The summed E-state index contributed by atoms with van der Waals surface area (Å²) in [4.78, 5) is 11.3. The van der Waals surface area contributed by atoms with Gasteiger partial charge in [-0.3, -0.25) is 4.79 Å². The highest BCUT2D eigenvalue weighted by molar-refractivity contribution is 5.75. The molecule has 0 aromatic heterocycles. The van der Waals surface area contributed by atoms with Gasteiger partial charge in [0.1, 0.15) is 6.04 Å². The summed E-state index contributed by atoms with van der Waals surface area (Å²) in [6.45, 7) is 6.78. The molecule has 0 bridgehead atoms. The predicted octanol–water partition coefficient (Wildman–Crippen LogP) is 2.50. The summed E-state index contributed by atoms with van der Waals surface area (Å²) >= 11 is 0. The van der Waals surface area contributed by atoms with Crippen molar-refractivity contribution in [3.05, 3.63) is 12.7 Å². The molecule has 100 valence electrons. The third kappa shape index (κ3) is 6.36. The smallest absolute Gasteiger partial charge is 0.323 e. The number of esters is 1. The Morgan fingerprint density at radius 1 is 1.59 bits per heavy atom. The molecule has 5 heteroatoms. The van der Waals surface area contributed by atoms with Gasteiger partial charge < -0.3 is 10.5 Å². The van der Waals surface area contributed by atoms with Crippen LogP contribution in [0, 0.1) is 5.92 Å². The van der Waals surface area contributed by atoms with Crippen LogP contribution in [-0.4, -0.2) is 24.5 Å². The van der Waals surface area contributed by atoms with E-state index in [1.807, 2.05) is 0 Å². The van der Waals surface area contributed by atoms with E-state index in [9.17, 15) is 13.6 Å². The lowest BCUT2D eigenvalue weighted by atomic mass is 9.93. The van der Waals surface area contributed by atoms with Crippen molar-refractivity contribution in [1.29, 1.82) is 0 Å². The number of hydrogen-bond acceptors (Lipinski definition) is 3. The fourth-order valence-corrected chi connectivity index (χ4v) is 1.48. The van der Waals surface area contributed by atoms with E-state index in [1.165, 1.54) is 13.0 Å². The summed E-state index contributed by atoms with van der Waals surface area (Å²) in [6.07, 6.45) is 1.01. The lowest BCUT2D eigenvalue weighted by Crippen LogP contribution is -2.40. The van der Waals surface area contributed by atoms with E-state index in [0.29, 0.717) is 0 Å². The van der Waals surface area contributed by atoms with Gasteiger partial charge in [0.2, 0.25) is 5.92 Å². The summed E-state index contributed by atoms with van der Waals surface area (Å²) in [7, 11) is 0. The van der Waals surface area contributed by atoms with Crippen LogP contribution in [0.4, 0.5) is 8.78 Å². The fraction of sp³-hybridized carbons (Fsp3) is 0.750. The molecule has 0 radical (unpaired) electrons. The van der Waals surface area contributed by atoms with Crippen LogP contribution in [0.1, 0.15) is 33.1 Å². The highest BCUT2D eigenvalue weighted by atomic mass is 19.3. The maximum absolute atomic E-state index is 13.4. The highest BCUT2D eigenvalue weighted by Gasteiger charge is 2.34. The first-order valence-corrected chi connectivity index (χ1v) is 5.75. The number of carbonyl (C=O) groups excluding carboxylic acids is 1. The van der Waals surface area contributed by atoms with Gasteiger partial charge in [-0.25, -0.2) is 8.78 Å². The Morgan fingerprint density at radius 2 is 2.18 bits per heavy atom. The molecule has 0 aromatic rings. The number of hydrogen-bond donors (Lipinski definition) is 1. The maximum Gasteiger partial charge on any atom is 0.323 e. The number of halogens is 2. The van der Waals surface area contributed by atoms with Crippen molar-refractivity contribution >= 4 is 5.97 Å². The van der Waals surface area contributed by atoms with E-state index in [2.05, 4.69) is 6.58 Å². The second-order valence-electron chi connectivity index (χ2n) is 4.14. The zero-order chi connectivity index (χ0) is 13.5. The first kappa shape index (κ1) is 16.0. The zero-order valence-corrected chi connectivity index (χ0v) is 10.4. The molecule has 0 saturated carbocycles. The van der Waals surface area contributed by atoms with Crippen molar-refractivity contribution < 1.29 is 18.3 Å². The molecule has 0 aliphatic carbocycles. The second-order valence-corrected chi connectivity index (χ2v) is 4.14. The number of nitrogens with two attached hydrogens (primary N) is 1. The van der Waals surface area contributed by atoms with Crippen LogP contribution in [0.2, 0.25) is 0 Å². The van der Waals surface area contributed by atoms with Gasteiger partial charge in [-0.05, 0) is 19.3 Å². The molecule has 0 aromatic carbocycles. The lowest BCUT2D eigenvalue weighted by Gasteiger charge is -2.23. The van der Waals surface area contributed by atoms with Crippen LogP contribution in [0.3, 0.4) is 0 Å². The molecule has 0 fully saturated rings. The minimum atomic E-state index is -2.82. The Hall–Kier alpha value is -0.970. The first-order valence-electron chi connectivity index (χ1n) is 5.75. The molecule has 2 N–H and O–H groups in total. The average molecular weight is 249 g/mol. The van der Waals surface area contributed by atoms with Gasteiger partial charge in [-0.15, -0.1) is 6.58 Å². The quantitative estimate of drug-likeness (QED) is 0.531. The van der Waals surface area contributed by atoms with E-state index in [-0.39, 0.29) is 19.4 Å². The molecule has 0 rings (SSSR count). The van der Waals surface area contributed by atoms with Crippen LogP contribution < -0.4 is 5.73 Å². The zero-order valence-electron chi connectivity index (χ0n) is 10.4. The normalized spacial score (nSPS) is 15.1. The van der Waals surface area contributed by atoms with E-state index in [0.717, 1.165) is 0 Å². The molecule has 0 saturated heterocycles. The van der Waals surface area contributed by atoms with Crippen molar-refractivity contribution in [3.8, 4) is 0 Å². The SMILES string of the molecule is C=CCCC(F)(F)C[C@@H](C)[C@@H](N)C(=O)OCC. The fourth-order valence-electron chi connectivity index (χ4n) is 1.48. The van der Waals surface area contributed by atoms with Gasteiger partial charge in [-0.2, -0.15) is 0 Å². The summed E-state index contributed by atoms with van der Waals surface area (Å²) in [5, 5.41) is 0. The van der Waals surface area contributed by atoms with Gasteiger partial charge in [0, 0.05) is 12.8 Å². The molecule has 0 heterocycles. The number of alkyl halides is 2. The van der Waals surface area contributed by atoms with Crippen LogP contribution in [0.5, 0.6) is 0 Å². The van der Waals surface area contributed by atoms with Crippen LogP contribution >= 0.6 is 0 Å². The molecule has 0 aliphatic heterocycles. The molecule has 17 heavy (non-hydrogen) atoms. The summed E-state index contributed by atoms with van der Waals surface area (Å²) in [5.41, 5.74) is 5.55. The Bertz CT molecular complexity index is 257. The minimum absolute atomic E-state index is 0.201. The standard InChI is InChI=1S/C12H21F2NO2/c1-4-6-7-12(13,14)8-9(3)10(15)11(16)17-5-2/h4,9-10H,1,5-8,15H2,2-3H3/t9-,10-/m1/s1. The van der Waals surface area contributed by atoms with Crippen molar-refractivity contribution in [2.24, 2.45) is 11.7 Å². The summed E-state index contributed by atoms with van der Waals surface area (Å²) in [6, 6.07) is -0.996. The Morgan fingerprint density at radius 3 is 2.65 bits per heavy atom. The molecule has 2 atom stereocenters. The molecule has 0 unspecified atom stereocenters. The van der Waals surface area contributed by atoms with E-state index < -0.39 is 30.3 Å². The number of allylic oxidation sites excluding steroid dienone is 1. The topological polar surface area (TPSA) is 52.3 Å². The van der Waals surface area contributed by atoms with Crippen molar-refractivity contribution in [2.45, 2.75) is 45.1 Å². The van der Waals surface area contributed by atoms with Gasteiger partial charge in [0.15, 0.2) is 0 Å². The third-order valence-corrected chi connectivity index (χ3v) is 2.51. The molecule has 3 nitrogen and oxygen atoms in total. The third-order valence-electron chi connectivity index (χ3n) is 2.51. The molecular formula is C12H21F2NO2. The van der Waals surface area contributed by atoms with Crippen molar-refractivity contribution in [2.75, 3.05) is 6.61 Å². The number of carbonyl (C=O) groups is 1. The number of rotatable bonds is 8. The maximum atomic E-state index is 13.4. The molecule has 0 spiro atoms. The Kier molecular flexibility index (Phi) is 6.95. The largest absolute Gasteiger partial charge is 0.465 e. The van der Waals surface area contributed by atoms with Crippen LogP contribution in [0.25, 0.3) is 0 Å². The van der Waals surface area contributed by atoms with E-state index in [4.69, 9.17) is 10.5 Å². The van der Waals surface area contributed by atoms with E-state index in [1.54, 1.807) is 6.92 Å². The van der Waals surface area contributed by atoms with Crippen LogP contribution in [-0.2, 0) is 9.53 Å². The monoisotopic (exact) mass is 249 g/mol. The second kappa shape index (κ2) is 7.37. The lowest BCUT2D eigenvalue weighted by molar-refractivity contribution is -0.146. The summed E-state index contributed by atoms with van der Waals surface area (Å²) in [5.74, 6) is -4.06. The first-order chi connectivity index (χ1) is 7.84. The predicted molar refractivity (Wildman–Crippen MR) is 62.8 cm³/mol. The van der Waals surface area contributed by atoms with E-state index >= 15 is 0 Å². The average Bonchev–Trinajstić information content (AvgIpc) is 2.25. The molecule has 0 aliphatic rings. The van der Waals surface area contributed by atoms with Gasteiger partial charge in [0.05, 0.1) is 6.61 Å². The Labute approximate surface area is 101 Å². The summed E-state index contributed by atoms with van der Waals surface area (Å²) < 4.78 is 31.5. The van der Waals surface area contributed by atoms with Crippen molar-refractivity contribution in [3.63, 3.8) is 0 Å². The van der Waals surface area contributed by atoms with Crippen LogP contribution in [0.15, 0.2) is 12.7 Å². The minimum Gasteiger partial charge on any atom is -0.465 e. The van der Waals surface area contributed by atoms with Gasteiger partial charge >= 0.3 is 5.97 Å². The van der Waals surface area contributed by atoms with Gasteiger partial charge in [-0.1, -0.05) is 13.0 Å².